The molecule has 0 radical (unpaired) electrons. The molecule has 1 atom stereocenters. The van der Waals surface area contributed by atoms with Gasteiger partial charge in [-0.15, -0.1) is 0 Å². The average Bonchev–Trinajstić information content (AvgIpc) is 2.69. The van der Waals surface area contributed by atoms with Crippen molar-refractivity contribution in [1.29, 1.82) is 0 Å². The van der Waals surface area contributed by atoms with Gasteiger partial charge in [0.15, 0.2) is 0 Å². The summed E-state index contributed by atoms with van der Waals surface area (Å²) in [6.45, 7) is 5.83. The number of hydrogen-bond acceptors (Lipinski definition) is 3. The van der Waals surface area contributed by atoms with Crippen LogP contribution in [0.2, 0.25) is 0 Å². The largest absolute Gasteiger partial charge is 0.346 e. The number of hydrogen-bond donors (Lipinski definition) is 2. The summed E-state index contributed by atoms with van der Waals surface area (Å²) in [7, 11) is -3.67. The molecule has 0 aliphatic rings. The molecule has 0 saturated carbocycles. The minimum atomic E-state index is -3.67. The highest BCUT2D eigenvalue weighted by molar-refractivity contribution is 7.92. The quantitative estimate of drug-likeness (QED) is 0.626. The summed E-state index contributed by atoms with van der Waals surface area (Å²) in [6, 6.07) is 20.8. The maximum absolute atomic E-state index is 12.5. The number of anilines is 1. The van der Waals surface area contributed by atoms with E-state index in [0.717, 1.165) is 16.7 Å². The van der Waals surface area contributed by atoms with Crippen molar-refractivity contribution in [3.05, 3.63) is 95.1 Å². The van der Waals surface area contributed by atoms with E-state index in [2.05, 4.69) is 10.0 Å². The Morgan fingerprint density at radius 3 is 1.86 bits per heavy atom. The number of benzene rings is 3. The van der Waals surface area contributed by atoms with E-state index in [4.69, 9.17) is 0 Å². The second-order valence-electron chi connectivity index (χ2n) is 7.10. The van der Waals surface area contributed by atoms with E-state index >= 15 is 0 Å². The third-order valence-corrected chi connectivity index (χ3v) is 6.05. The molecule has 3 rings (SSSR count). The molecule has 29 heavy (non-hydrogen) atoms. The van der Waals surface area contributed by atoms with Crippen LogP contribution in [0.5, 0.6) is 0 Å². The molecule has 0 aromatic heterocycles. The number of carbonyl (C=O) groups is 1. The van der Waals surface area contributed by atoms with E-state index in [1.165, 1.54) is 0 Å². The summed E-state index contributed by atoms with van der Waals surface area (Å²) >= 11 is 0. The standard InChI is InChI=1S/C23H24N2O3S/c1-16-4-8-19(9-5-16)18(3)24-23(26)20-10-12-21(13-11-20)25-29(27,28)22-14-6-17(2)7-15-22/h4-15,18,25H,1-3H3,(H,24,26)/t18-/m1/s1. The van der Waals surface area contributed by atoms with Crippen LogP contribution in [0.25, 0.3) is 0 Å². The van der Waals surface area contributed by atoms with Gasteiger partial charge in [0.05, 0.1) is 10.9 Å². The molecule has 6 heteroatoms. The van der Waals surface area contributed by atoms with Gasteiger partial charge in [0.2, 0.25) is 0 Å². The van der Waals surface area contributed by atoms with Crippen LogP contribution in [0.1, 0.15) is 40.0 Å². The van der Waals surface area contributed by atoms with Gasteiger partial charge in [-0.1, -0.05) is 47.5 Å². The lowest BCUT2D eigenvalue weighted by Crippen LogP contribution is -2.26. The average molecular weight is 409 g/mol. The molecule has 1 amide bonds. The smallest absolute Gasteiger partial charge is 0.261 e. The van der Waals surface area contributed by atoms with Gasteiger partial charge in [-0.2, -0.15) is 0 Å². The first-order valence-electron chi connectivity index (χ1n) is 9.31. The van der Waals surface area contributed by atoms with Crippen molar-refractivity contribution in [1.82, 2.24) is 5.32 Å². The first-order valence-corrected chi connectivity index (χ1v) is 10.8. The topological polar surface area (TPSA) is 75.3 Å². The molecule has 0 aliphatic heterocycles. The Morgan fingerprint density at radius 1 is 0.793 bits per heavy atom. The van der Waals surface area contributed by atoms with Crippen molar-refractivity contribution in [2.75, 3.05) is 4.72 Å². The summed E-state index contributed by atoms with van der Waals surface area (Å²) < 4.78 is 27.5. The Morgan fingerprint density at radius 2 is 1.31 bits per heavy atom. The Kier molecular flexibility index (Phi) is 6.03. The lowest BCUT2D eigenvalue weighted by atomic mass is 10.1. The highest BCUT2D eigenvalue weighted by atomic mass is 32.2. The molecule has 0 aliphatic carbocycles. The third-order valence-electron chi connectivity index (χ3n) is 4.66. The Labute approximate surface area is 171 Å². The van der Waals surface area contributed by atoms with Crippen molar-refractivity contribution in [2.24, 2.45) is 0 Å². The van der Waals surface area contributed by atoms with Gasteiger partial charge in [-0.3, -0.25) is 9.52 Å². The lowest BCUT2D eigenvalue weighted by Gasteiger charge is -2.15. The SMILES string of the molecule is Cc1ccc([C@@H](C)NC(=O)c2ccc(NS(=O)(=O)c3ccc(C)cc3)cc2)cc1. The van der Waals surface area contributed by atoms with E-state index in [1.807, 2.05) is 45.0 Å². The fraction of sp³-hybridized carbons (Fsp3) is 0.174. The number of rotatable bonds is 6. The molecule has 0 spiro atoms. The fourth-order valence-corrected chi connectivity index (χ4v) is 3.90. The van der Waals surface area contributed by atoms with Crippen molar-refractivity contribution < 1.29 is 13.2 Å². The number of nitrogens with one attached hydrogen (secondary N) is 2. The maximum Gasteiger partial charge on any atom is 0.261 e. The Hall–Kier alpha value is -3.12. The van der Waals surface area contributed by atoms with Crippen molar-refractivity contribution in [3.8, 4) is 0 Å². The fourth-order valence-electron chi connectivity index (χ4n) is 2.84. The minimum Gasteiger partial charge on any atom is -0.346 e. The number of sulfonamides is 1. The minimum absolute atomic E-state index is 0.136. The second kappa shape index (κ2) is 8.49. The van der Waals surface area contributed by atoms with E-state index in [9.17, 15) is 13.2 Å². The molecule has 0 unspecified atom stereocenters. The molecule has 2 N–H and O–H groups in total. The van der Waals surface area contributed by atoms with Crippen LogP contribution in [-0.4, -0.2) is 14.3 Å². The number of amides is 1. The summed E-state index contributed by atoms with van der Waals surface area (Å²) in [6.07, 6.45) is 0. The predicted molar refractivity (Wildman–Crippen MR) is 115 cm³/mol. The zero-order valence-electron chi connectivity index (χ0n) is 16.6. The summed E-state index contributed by atoms with van der Waals surface area (Å²) in [5.41, 5.74) is 4.03. The molecular formula is C23H24N2O3S. The second-order valence-corrected chi connectivity index (χ2v) is 8.78. The van der Waals surface area contributed by atoms with E-state index in [-0.39, 0.29) is 16.8 Å². The van der Waals surface area contributed by atoms with Crippen LogP contribution in [-0.2, 0) is 10.0 Å². The highest BCUT2D eigenvalue weighted by Crippen LogP contribution is 2.18. The predicted octanol–water partition coefficient (Wildman–Crippen LogP) is 4.60. The van der Waals surface area contributed by atoms with Crippen LogP contribution >= 0.6 is 0 Å². The lowest BCUT2D eigenvalue weighted by molar-refractivity contribution is 0.0940. The number of carbonyl (C=O) groups excluding carboxylic acids is 1. The monoisotopic (exact) mass is 408 g/mol. The Balaban J connectivity index is 1.67. The van der Waals surface area contributed by atoms with Gasteiger partial charge < -0.3 is 5.32 Å². The van der Waals surface area contributed by atoms with Crippen molar-refractivity contribution >= 4 is 21.6 Å². The zero-order chi connectivity index (χ0) is 21.0. The van der Waals surface area contributed by atoms with Gasteiger partial charge in [-0.25, -0.2) is 8.42 Å². The van der Waals surface area contributed by atoms with Crippen molar-refractivity contribution in [3.63, 3.8) is 0 Å². The van der Waals surface area contributed by atoms with Crippen LogP contribution in [0.4, 0.5) is 5.69 Å². The molecule has 3 aromatic rings. The molecule has 3 aromatic carbocycles. The molecule has 150 valence electrons. The third kappa shape index (κ3) is 5.23. The van der Waals surface area contributed by atoms with E-state index in [1.54, 1.807) is 48.5 Å². The summed E-state index contributed by atoms with van der Waals surface area (Å²) in [5, 5.41) is 2.95. The van der Waals surface area contributed by atoms with E-state index < -0.39 is 10.0 Å². The highest BCUT2D eigenvalue weighted by Gasteiger charge is 2.15. The zero-order valence-corrected chi connectivity index (χ0v) is 17.5. The van der Waals surface area contributed by atoms with Gasteiger partial charge in [0.25, 0.3) is 15.9 Å². The molecule has 0 fully saturated rings. The first kappa shape index (κ1) is 20.6. The van der Waals surface area contributed by atoms with Gasteiger partial charge in [0.1, 0.15) is 0 Å². The van der Waals surface area contributed by atoms with Gasteiger partial charge in [0, 0.05) is 11.3 Å². The summed E-state index contributed by atoms with van der Waals surface area (Å²) in [5.74, 6) is -0.217. The maximum atomic E-state index is 12.5. The normalized spacial score (nSPS) is 12.2. The van der Waals surface area contributed by atoms with Crippen molar-refractivity contribution in [2.45, 2.75) is 31.7 Å². The van der Waals surface area contributed by atoms with Gasteiger partial charge >= 0.3 is 0 Å². The van der Waals surface area contributed by atoms with Crippen LogP contribution in [0.15, 0.2) is 77.7 Å². The molecule has 0 heterocycles. The van der Waals surface area contributed by atoms with Crippen LogP contribution in [0, 0.1) is 13.8 Å². The van der Waals surface area contributed by atoms with Crippen LogP contribution in [0.3, 0.4) is 0 Å². The number of aryl methyl sites for hydroxylation is 2. The molecule has 5 nitrogen and oxygen atoms in total. The summed E-state index contributed by atoms with van der Waals surface area (Å²) in [4.78, 5) is 12.7. The van der Waals surface area contributed by atoms with E-state index in [0.29, 0.717) is 11.3 Å². The molecule has 0 saturated heterocycles. The molecular weight excluding hydrogens is 384 g/mol. The first-order chi connectivity index (χ1) is 13.7. The van der Waals surface area contributed by atoms with Crippen LogP contribution < -0.4 is 10.0 Å². The van der Waals surface area contributed by atoms with Gasteiger partial charge in [-0.05, 0) is 62.7 Å². The Bertz CT molecular complexity index is 1090. The molecule has 0 bridgehead atoms.